The van der Waals surface area contributed by atoms with Gasteiger partial charge in [0.15, 0.2) is 0 Å². The molecule has 0 saturated carbocycles. The second-order valence-corrected chi connectivity index (χ2v) is 18.8. The van der Waals surface area contributed by atoms with E-state index < -0.39 is 16.1 Å². The van der Waals surface area contributed by atoms with Gasteiger partial charge in [0.05, 0.1) is 21.7 Å². The van der Waals surface area contributed by atoms with E-state index in [1.54, 1.807) is 0 Å². The van der Waals surface area contributed by atoms with E-state index in [0.717, 1.165) is 5.90 Å². The molecule has 0 fully saturated rings. The number of nitrogens with zero attached hydrogens (tertiary/aromatic N) is 1. The zero-order valence-corrected chi connectivity index (χ0v) is 16.8. The van der Waals surface area contributed by atoms with Gasteiger partial charge in [0.1, 0.15) is 6.61 Å². The number of ether oxygens (including phenoxy) is 1. The van der Waals surface area contributed by atoms with Gasteiger partial charge in [-0.15, -0.1) is 0 Å². The zero-order chi connectivity index (χ0) is 16.1. The summed E-state index contributed by atoms with van der Waals surface area (Å²) in [6.45, 7) is 19.4. The lowest BCUT2D eigenvalue weighted by atomic mass is 10.1. The topological polar surface area (TPSA) is 21.6 Å². The molecule has 0 aromatic heterocycles. The minimum absolute atomic E-state index is 0.0986. The Morgan fingerprint density at radius 2 is 1.43 bits per heavy atom. The first-order chi connectivity index (χ1) is 9.42. The summed E-state index contributed by atoms with van der Waals surface area (Å²) in [5.41, 5.74) is 1.22. The molecule has 2 nitrogen and oxygen atoms in total. The summed E-state index contributed by atoms with van der Waals surface area (Å²) in [5, 5.41) is 2.97. The third kappa shape index (κ3) is 3.48. The highest BCUT2D eigenvalue weighted by Gasteiger charge is 2.34. The van der Waals surface area contributed by atoms with Gasteiger partial charge in [-0.3, -0.25) is 0 Å². The quantitative estimate of drug-likeness (QED) is 0.783. The number of benzene rings is 1. The molecule has 116 valence electrons. The van der Waals surface area contributed by atoms with Crippen LogP contribution in [0.3, 0.4) is 0 Å². The van der Waals surface area contributed by atoms with Crippen molar-refractivity contribution in [3.05, 3.63) is 23.8 Å². The van der Waals surface area contributed by atoms with Crippen LogP contribution in [-0.2, 0) is 4.74 Å². The third-order valence-electron chi connectivity index (χ3n) is 3.86. The molecule has 0 bridgehead atoms. The highest BCUT2D eigenvalue weighted by molar-refractivity contribution is 6.93. The Kier molecular flexibility index (Phi) is 4.00. The molecular weight excluding hydrogens is 290 g/mol. The van der Waals surface area contributed by atoms with Crippen LogP contribution in [-0.4, -0.2) is 34.2 Å². The normalized spacial score (nSPS) is 18.4. The molecule has 1 aliphatic heterocycles. The van der Waals surface area contributed by atoms with Crippen LogP contribution in [0.4, 0.5) is 0 Å². The van der Waals surface area contributed by atoms with Crippen LogP contribution in [0.15, 0.2) is 23.2 Å². The molecule has 21 heavy (non-hydrogen) atoms. The molecule has 1 aliphatic rings. The van der Waals surface area contributed by atoms with Crippen molar-refractivity contribution in [1.82, 2.24) is 0 Å². The van der Waals surface area contributed by atoms with Gasteiger partial charge in [-0.1, -0.05) is 57.5 Å². The van der Waals surface area contributed by atoms with Crippen molar-refractivity contribution in [2.45, 2.75) is 58.7 Å². The van der Waals surface area contributed by atoms with Crippen molar-refractivity contribution in [3.8, 4) is 0 Å². The maximum atomic E-state index is 6.02. The first kappa shape index (κ1) is 16.5. The largest absolute Gasteiger partial charge is 0.475 e. The van der Waals surface area contributed by atoms with Crippen LogP contribution in [0, 0.1) is 0 Å². The molecule has 0 spiro atoms. The molecule has 0 saturated heterocycles. The highest BCUT2D eigenvalue weighted by Crippen LogP contribution is 2.22. The number of hydrogen-bond donors (Lipinski definition) is 0. The van der Waals surface area contributed by atoms with Gasteiger partial charge < -0.3 is 4.74 Å². The van der Waals surface area contributed by atoms with Crippen molar-refractivity contribution >= 4 is 32.4 Å². The Morgan fingerprint density at radius 1 is 0.952 bits per heavy atom. The van der Waals surface area contributed by atoms with Gasteiger partial charge >= 0.3 is 0 Å². The molecule has 0 radical (unpaired) electrons. The van der Waals surface area contributed by atoms with Gasteiger partial charge in [0, 0.05) is 5.56 Å². The monoisotopic (exact) mass is 319 g/mol. The summed E-state index contributed by atoms with van der Waals surface area (Å²) in [5.74, 6) is 0.885. The fourth-order valence-corrected chi connectivity index (χ4v) is 6.05. The fourth-order valence-electron chi connectivity index (χ4n) is 2.75. The van der Waals surface area contributed by atoms with Crippen LogP contribution in [0.2, 0.25) is 39.3 Å². The third-order valence-corrected chi connectivity index (χ3v) is 7.93. The van der Waals surface area contributed by atoms with Crippen molar-refractivity contribution in [2.75, 3.05) is 6.61 Å². The summed E-state index contributed by atoms with van der Waals surface area (Å²) >= 11 is 0. The number of rotatable bonds is 3. The van der Waals surface area contributed by atoms with Crippen molar-refractivity contribution in [3.63, 3.8) is 0 Å². The molecule has 2 rings (SSSR count). The van der Waals surface area contributed by atoms with Crippen molar-refractivity contribution in [2.24, 2.45) is 4.99 Å². The molecule has 4 heteroatoms. The molecule has 0 atom stereocenters. The Morgan fingerprint density at radius 3 is 1.76 bits per heavy atom. The average Bonchev–Trinajstić information content (AvgIpc) is 2.66. The predicted molar refractivity (Wildman–Crippen MR) is 99.0 cm³/mol. The first-order valence-electron chi connectivity index (χ1n) is 7.79. The first-order valence-corrected chi connectivity index (χ1v) is 14.8. The molecule has 1 aromatic rings. The lowest BCUT2D eigenvalue weighted by Crippen LogP contribution is -2.50. The highest BCUT2D eigenvalue weighted by atomic mass is 28.3. The van der Waals surface area contributed by atoms with E-state index >= 15 is 0 Å². The van der Waals surface area contributed by atoms with Crippen molar-refractivity contribution in [1.29, 1.82) is 0 Å². The minimum Gasteiger partial charge on any atom is -0.475 e. The van der Waals surface area contributed by atoms with E-state index in [1.165, 1.54) is 15.9 Å². The number of aliphatic imine (C=N–C) groups is 1. The summed E-state index contributed by atoms with van der Waals surface area (Å²) in [6, 6.07) is 6.82. The van der Waals surface area contributed by atoms with E-state index in [2.05, 4.69) is 71.3 Å². The number of hydrogen-bond acceptors (Lipinski definition) is 2. The summed E-state index contributed by atoms with van der Waals surface area (Å²) in [4.78, 5) is 4.88. The van der Waals surface area contributed by atoms with Gasteiger partial charge in [-0.2, -0.15) is 0 Å². The minimum atomic E-state index is -1.44. The van der Waals surface area contributed by atoms with E-state index in [0.29, 0.717) is 6.61 Å². The maximum absolute atomic E-state index is 6.02. The Balaban J connectivity index is 2.72. The van der Waals surface area contributed by atoms with Crippen molar-refractivity contribution < 1.29 is 4.74 Å². The molecule has 1 aromatic carbocycles. The molecule has 0 unspecified atom stereocenters. The lowest BCUT2D eigenvalue weighted by molar-refractivity contribution is 0.279. The van der Waals surface area contributed by atoms with E-state index in [1.807, 2.05) is 0 Å². The zero-order valence-electron chi connectivity index (χ0n) is 14.8. The molecular formula is C17H29NOSi2. The fraction of sp³-hybridized carbons (Fsp3) is 0.588. The van der Waals surface area contributed by atoms with E-state index in [-0.39, 0.29) is 5.54 Å². The molecule has 0 aliphatic carbocycles. The van der Waals surface area contributed by atoms with Gasteiger partial charge in [-0.25, -0.2) is 4.99 Å². The van der Waals surface area contributed by atoms with Crippen LogP contribution in [0.1, 0.15) is 19.4 Å². The smallest absolute Gasteiger partial charge is 0.216 e. The van der Waals surface area contributed by atoms with Gasteiger partial charge in [0.2, 0.25) is 5.90 Å². The Hall–Kier alpha value is -0.876. The van der Waals surface area contributed by atoms with Crippen LogP contribution in [0.5, 0.6) is 0 Å². The Labute approximate surface area is 131 Å². The van der Waals surface area contributed by atoms with E-state index in [4.69, 9.17) is 9.73 Å². The van der Waals surface area contributed by atoms with E-state index in [9.17, 15) is 0 Å². The summed E-state index contributed by atoms with van der Waals surface area (Å²) < 4.78 is 6.02. The lowest BCUT2D eigenvalue weighted by Gasteiger charge is -2.27. The van der Waals surface area contributed by atoms with Gasteiger partial charge in [0.25, 0.3) is 0 Å². The SMILES string of the molecule is CC1(C)COC(c2c([Si](C)(C)C)cccc2[Si](C)(C)C)=N1. The summed E-state index contributed by atoms with van der Waals surface area (Å²) in [7, 11) is -2.88. The maximum Gasteiger partial charge on any atom is 0.216 e. The molecule has 0 amide bonds. The Bertz CT molecular complexity index is 545. The molecule has 0 N–H and O–H groups in total. The summed E-state index contributed by atoms with van der Waals surface area (Å²) in [6.07, 6.45) is 0. The average molecular weight is 320 g/mol. The van der Waals surface area contributed by atoms with Gasteiger partial charge in [-0.05, 0) is 24.2 Å². The van der Waals surface area contributed by atoms with Crippen LogP contribution < -0.4 is 10.4 Å². The van der Waals surface area contributed by atoms with Crippen LogP contribution in [0.25, 0.3) is 0 Å². The second kappa shape index (κ2) is 5.09. The molecule has 1 heterocycles. The predicted octanol–water partition coefficient (Wildman–Crippen LogP) is 3.33. The van der Waals surface area contributed by atoms with Crippen LogP contribution >= 0.6 is 0 Å². The standard InChI is InChI=1S/C17H29NOSi2/c1-17(2)12-19-16(18-17)15-13(20(3,4)5)10-9-11-14(15)21(6,7)8/h9-11H,12H2,1-8H3. The second-order valence-electron chi connectivity index (χ2n) is 8.75.